The van der Waals surface area contributed by atoms with E-state index >= 15 is 0 Å². The van der Waals surface area contributed by atoms with Gasteiger partial charge in [-0.1, -0.05) is 31.2 Å². The smallest absolute Gasteiger partial charge is 0.0869 e. The molecule has 2 heteroatoms. The van der Waals surface area contributed by atoms with E-state index in [9.17, 15) is 5.11 Å². The van der Waals surface area contributed by atoms with Crippen molar-refractivity contribution in [2.24, 2.45) is 0 Å². The molecule has 1 atom stereocenters. The zero-order chi connectivity index (χ0) is 11.3. The first-order chi connectivity index (χ1) is 7.10. The van der Waals surface area contributed by atoms with E-state index in [0.717, 1.165) is 12.0 Å². The Hall–Kier alpha value is -0.860. The van der Waals surface area contributed by atoms with Crippen LogP contribution in [-0.2, 0) is 12.0 Å². The highest BCUT2D eigenvalue weighted by atomic mass is 16.3. The second kappa shape index (κ2) is 5.29. The number of aryl methyl sites for hydroxylation is 1. The van der Waals surface area contributed by atoms with E-state index in [2.05, 4.69) is 6.92 Å². The molecule has 0 aliphatic carbocycles. The third kappa shape index (κ3) is 3.33. The highest BCUT2D eigenvalue weighted by Crippen LogP contribution is 2.25. The van der Waals surface area contributed by atoms with Gasteiger partial charge in [0.1, 0.15) is 0 Å². The first-order valence-corrected chi connectivity index (χ1v) is 5.53. The van der Waals surface area contributed by atoms with Gasteiger partial charge in [0.25, 0.3) is 0 Å². The fourth-order valence-corrected chi connectivity index (χ4v) is 1.67. The van der Waals surface area contributed by atoms with Gasteiger partial charge in [0.2, 0.25) is 0 Å². The lowest BCUT2D eigenvalue weighted by atomic mass is 9.90. The van der Waals surface area contributed by atoms with Crippen LogP contribution >= 0.6 is 0 Å². The summed E-state index contributed by atoms with van der Waals surface area (Å²) in [5.74, 6) is 0. The van der Waals surface area contributed by atoms with Gasteiger partial charge >= 0.3 is 0 Å². The molecule has 0 spiro atoms. The lowest BCUT2D eigenvalue weighted by Crippen LogP contribution is -2.21. The Morgan fingerprint density at radius 1 is 1.20 bits per heavy atom. The Kier molecular flexibility index (Phi) is 4.30. The highest BCUT2D eigenvalue weighted by Gasteiger charge is 2.21. The Balaban J connectivity index is 2.75. The van der Waals surface area contributed by atoms with Crippen LogP contribution in [0.25, 0.3) is 0 Å². The first-order valence-electron chi connectivity index (χ1n) is 5.53. The van der Waals surface area contributed by atoms with Crippen LogP contribution in [0.2, 0.25) is 0 Å². The first kappa shape index (κ1) is 12.2. The zero-order valence-corrected chi connectivity index (χ0v) is 9.53. The fourth-order valence-electron chi connectivity index (χ4n) is 1.67. The van der Waals surface area contributed by atoms with Crippen LogP contribution in [0.3, 0.4) is 0 Å². The molecule has 0 aliphatic rings. The van der Waals surface area contributed by atoms with E-state index in [1.807, 2.05) is 24.3 Å². The third-order valence-electron chi connectivity index (χ3n) is 2.81. The maximum atomic E-state index is 10.2. The molecule has 84 valence electrons. The van der Waals surface area contributed by atoms with Crippen molar-refractivity contribution in [3.05, 3.63) is 35.4 Å². The molecule has 1 aromatic rings. The van der Waals surface area contributed by atoms with E-state index in [1.165, 1.54) is 5.56 Å². The number of hydrogen-bond acceptors (Lipinski definition) is 2. The monoisotopic (exact) mass is 208 g/mol. The van der Waals surface area contributed by atoms with Gasteiger partial charge in [0.05, 0.1) is 5.60 Å². The molecule has 0 saturated carbocycles. The number of aliphatic hydroxyl groups excluding tert-OH is 1. The van der Waals surface area contributed by atoms with Crippen molar-refractivity contribution in [2.75, 3.05) is 6.61 Å². The maximum absolute atomic E-state index is 10.2. The van der Waals surface area contributed by atoms with Crippen molar-refractivity contribution in [1.82, 2.24) is 0 Å². The molecule has 2 nitrogen and oxygen atoms in total. The third-order valence-corrected chi connectivity index (χ3v) is 2.81. The molecule has 1 unspecified atom stereocenters. The molecule has 0 aromatic heterocycles. The van der Waals surface area contributed by atoms with Crippen LogP contribution in [0.1, 0.15) is 37.8 Å². The van der Waals surface area contributed by atoms with Gasteiger partial charge in [0, 0.05) is 6.61 Å². The van der Waals surface area contributed by atoms with Crippen LogP contribution in [0, 0.1) is 0 Å². The van der Waals surface area contributed by atoms with Crippen LogP contribution in [0.15, 0.2) is 24.3 Å². The van der Waals surface area contributed by atoms with Crippen molar-refractivity contribution >= 4 is 0 Å². The van der Waals surface area contributed by atoms with Crippen molar-refractivity contribution in [3.8, 4) is 0 Å². The topological polar surface area (TPSA) is 40.5 Å². The number of hydrogen-bond donors (Lipinski definition) is 2. The van der Waals surface area contributed by atoms with Gasteiger partial charge in [-0.25, -0.2) is 0 Å². The standard InChI is InChI=1S/C13H20O2/c1-3-11-5-7-12(8-6-11)13(2,15)9-4-10-14/h5-8,14-15H,3-4,9-10H2,1-2H3. The molecule has 0 bridgehead atoms. The molecule has 1 rings (SSSR count). The minimum Gasteiger partial charge on any atom is -0.396 e. The van der Waals surface area contributed by atoms with Gasteiger partial charge in [-0.05, 0) is 37.3 Å². The van der Waals surface area contributed by atoms with Crippen LogP contribution < -0.4 is 0 Å². The Bertz CT molecular complexity index is 288. The Morgan fingerprint density at radius 3 is 2.27 bits per heavy atom. The Labute approximate surface area is 91.6 Å². The molecule has 2 N–H and O–H groups in total. The van der Waals surface area contributed by atoms with E-state index in [0.29, 0.717) is 12.8 Å². The summed E-state index contributed by atoms with van der Waals surface area (Å²) in [5, 5.41) is 18.9. The number of aliphatic hydroxyl groups is 2. The summed E-state index contributed by atoms with van der Waals surface area (Å²) < 4.78 is 0. The second-order valence-corrected chi connectivity index (χ2v) is 4.15. The highest BCUT2D eigenvalue weighted by molar-refractivity contribution is 5.26. The lowest BCUT2D eigenvalue weighted by molar-refractivity contribution is 0.0403. The normalized spacial score (nSPS) is 14.9. The van der Waals surface area contributed by atoms with Crippen molar-refractivity contribution < 1.29 is 10.2 Å². The van der Waals surface area contributed by atoms with E-state index in [-0.39, 0.29) is 6.61 Å². The summed E-state index contributed by atoms with van der Waals surface area (Å²) in [7, 11) is 0. The van der Waals surface area contributed by atoms with Crippen molar-refractivity contribution in [2.45, 2.75) is 38.7 Å². The molecule has 0 fully saturated rings. The summed E-state index contributed by atoms with van der Waals surface area (Å²) in [6.07, 6.45) is 2.23. The largest absolute Gasteiger partial charge is 0.396 e. The predicted molar refractivity (Wildman–Crippen MR) is 61.7 cm³/mol. The average molecular weight is 208 g/mol. The second-order valence-electron chi connectivity index (χ2n) is 4.15. The van der Waals surface area contributed by atoms with Gasteiger partial charge in [-0.3, -0.25) is 0 Å². The predicted octanol–water partition coefficient (Wildman–Crippen LogP) is 2.23. The van der Waals surface area contributed by atoms with Crippen molar-refractivity contribution in [1.29, 1.82) is 0 Å². The SMILES string of the molecule is CCc1ccc(C(C)(O)CCCO)cc1. The molecule has 0 radical (unpaired) electrons. The van der Waals surface area contributed by atoms with E-state index in [4.69, 9.17) is 5.11 Å². The summed E-state index contributed by atoms with van der Waals surface area (Å²) in [4.78, 5) is 0. The maximum Gasteiger partial charge on any atom is 0.0869 e. The molecule has 0 saturated heterocycles. The van der Waals surface area contributed by atoms with Gasteiger partial charge < -0.3 is 10.2 Å². The average Bonchev–Trinajstić information content (AvgIpc) is 2.26. The van der Waals surface area contributed by atoms with E-state index < -0.39 is 5.60 Å². The molecule has 0 aliphatic heterocycles. The number of benzene rings is 1. The van der Waals surface area contributed by atoms with Gasteiger partial charge in [0.15, 0.2) is 0 Å². The van der Waals surface area contributed by atoms with E-state index in [1.54, 1.807) is 6.92 Å². The summed E-state index contributed by atoms with van der Waals surface area (Å²) in [5.41, 5.74) is 1.37. The lowest BCUT2D eigenvalue weighted by Gasteiger charge is -2.23. The minimum absolute atomic E-state index is 0.128. The Morgan fingerprint density at radius 2 is 1.80 bits per heavy atom. The quantitative estimate of drug-likeness (QED) is 0.779. The van der Waals surface area contributed by atoms with Crippen LogP contribution in [0.5, 0.6) is 0 Å². The molecular weight excluding hydrogens is 188 g/mol. The molecule has 0 heterocycles. The number of rotatable bonds is 5. The fraction of sp³-hybridized carbons (Fsp3) is 0.538. The van der Waals surface area contributed by atoms with Crippen molar-refractivity contribution in [3.63, 3.8) is 0 Å². The van der Waals surface area contributed by atoms with Crippen LogP contribution in [0.4, 0.5) is 0 Å². The van der Waals surface area contributed by atoms with Gasteiger partial charge in [-0.15, -0.1) is 0 Å². The summed E-state index contributed by atoms with van der Waals surface area (Å²) in [6, 6.07) is 8.03. The van der Waals surface area contributed by atoms with Gasteiger partial charge in [-0.2, -0.15) is 0 Å². The summed E-state index contributed by atoms with van der Waals surface area (Å²) >= 11 is 0. The summed E-state index contributed by atoms with van der Waals surface area (Å²) in [6.45, 7) is 4.03. The molecule has 15 heavy (non-hydrogen) atoms. The van der Waals surface area contributed by atoms with Crippen LogP contribution in [-0.4, -0.2) is 16.8 Å². The molecule has 0 amide bonds. The molecule has 1 aromatic carbocycles. The minimum atomic E-state index is -0.824. The molecular formula is C13H20O2. The zero-order valence-electron chi connectivity index (χ0n) is 9.53.